The van der Waals surface area contributed by atoms with Crippen molar-refractivity contribution in [2.75, 3.05) is 0 Å². The summed E-state index contributed by atoms with van der Waals surface area (Å²) in [5.41, 5.74) is 6.59. The highest BCUT2D eigenvalue weighted by molar-refractivity contribution is 5.81. The van der Waals surface area contributed by atoms with Crippen molar-refractivity contribution in [3.63, 3.8) is 0 Å². The van der Waals surface area contributed by atoms with E-state index in [1.807, 2.05) is 30.6 Å². The molecule has 0 saturated heterocycles. The number of hydrogen-bond acceptors (Lipinski definition) is 3. The molecule has 0 saturated carbocycles. The molecular weight excluding hydrogens is 342 g/mol. The van der Waals surface area contributed by atoms with Crippen LogP contribution in [0.1, 0.15) is 59.6 Å². The summed E-state index contributed by atoms with van der Waals surface area (Å²) in [4.78, 5) is 13.9. The molecule has 0 fully saturated rings. The molecule has 2 aromatic carbocycles. The molecule has 0 N–H and O–H groups in total. The molecule has 1 aromatic heterocycles. The first kappa shape index (κ1) is 19.7. The predicted molar refractivity (Wildman–Crippen MR) is 119 cm³/mol. The molecule has 0 amide bonds. The van der Waals surface area contributed by atoms with E-state index in [1.165, 1.54) is 22.3 Å². The largest absolute Gasteiger partial charge is 0.283 e. The number of hydrogen-bond donors (Lipinski definition) is 0. The quantitative estimate of drug-likeness (QED) is 0.487. The van der Waals surface area contributed by atoms with Gasteiger partial charge in [-0.3, -0.25) is 9.98 Å². The molecule has 142 valence electrons. The summed E-state index contributed by atoms with van der Waals surface area (Å²) in [6.07, 6.45) is 3.68. The number of aliphatic imine (C=N–C) groups is 2. The standard InChI is InChI=1S/C25H27N3/c1-18-8-12-22(13-9-18)20(3)26-16-24-6-5-7-25(28-24)17-27-21(4)23-14-10-19(2)11-15-23/h5-17,20-21H,1-4H3. The van der Waals surface area contributed by atoms with Gasteiger partial charge in [-0.1, -0.05) is 65.7 Å². The molecular formula is C25H27N3. The van der Waals surface area contributed by atoms with Gasteiger partial charge in [0.05, 0.1) is 23.5 Å². The zero-order valence-electron chi connectivity index (χ0n) is 17.0. The maximum absolute atomic E-state index is 4.65. The fourth-order valence-corrected chi connectivity index (χ4v) is 2.85. The Kier molecular flexibility index (Phi) is 6.49. The van der Waals surface area contributed by atoms with E-state index in [-0.39, 0.29) is 12.1 Å². The topological polar surface area (TPSA) is 37.6 Å². The van der Waals surface area contributed by atoms with Gasteiger partial charge < -0.3 is 0 Å². The Labute approximate surface area is 167 Å². The van der Waals surface area contributed by atoms with E-state index in [2.05, 4.69) is 91.2 Å². The lowest BCUT2D eigenvalue weighted by molar-refractivity contribution is 0.823. The van der Waals surface area contributed by atoms with Crippen LogP contribution < -0.4 is 0 Å². The smallest absolute Gasteiger partial charge is 0.0816 e. The molecule has 0 spiro atoms. The summed E-state index contributed by atoms with van der Waals surface area (Å²) >= 11 is 0. The van der Waals surface area contributed by atoms with Gasteiger partial charge in [0.15, 0.2) is 0 Å². The molecule has 0 aliphatic carbocycles. The number of pyridine rings is 1. The van der Waals surface area contributed by atoms with Crippen LogP contribution in [0.5, 0.6) is 0 Å². The van der Waals surface area contributed by atoms with Gasteiger partial charge >= 0.3 is 0 Å². The highest BCUT2D eigenvalue weighted by atomic mass is 14.8. The fourth-order valence-electron chi connectivity index (χ4n) is 2.85. The number of nitrogens with zero attached hydrogens (tertiary/aromatic N) is 3. The zero-order chi connectivity index (χ0) is 19.9. The van der Waals surface area contributed by atoms with E-state index in [1.54, 1.807) is 0 Å². The molecule has 0 radical (unpaired) electrons. The van der Waals surface area contributed by atoms with Crippen LogP contribution in [0.2, 0.25) is 0 Å². The van der Waals surface area contributed by atoms with E-state index in [0.29, 0.717) is 0 Å². The Balaban J connectivity index is 1.67. The molecule has 0 aliphatic heterocycles. The number of benzene rings is 2. The minimum atomic E-state index is 0.0984. The highest BCUT2D eigenvalue weighted by Crippen LogP contribution is 2.18. The van der Waals surface area contributed by atoms with Crippen LogP contribution in [0.25, 0.3) is 0 Å². The van der Waals surface area contributed by atoms with E-state index in [4.69, 9.17) is 0 Å². The molecule has 3 heteroatoms. The lowest BCUT2D eigenvalue weighted by Gasteiger charge is -2.07. The van der Waals surface area contributed by atoms with Crippen molar-refractivity contribution < 1.29 is 0 Å². The van der Waals surface area contributed by atoms with Gasteiger partial charge in [0.1, 0.15) is 0 Å². The van der Waals surface area contributed by atoms with E-state index >= 15 is 0 Å². The third-order valence-electron chi connectivity index (χ3n) is 4.77. The van der Waals surface area contributed by atoms with Crippen molar-refractivity contribution in [2.24, 2.45) is 9.98 Å². The van der Waals surface area contributed by atoms with Crippen LogP contribution in [-0.2, 0) is 0 Å². The van der Waals surface area contributed by atoms with E-state index in [0.717, 1.165) is 11.4 Å². The molecule has 2 unspecified atom stereocenters. The van der Waals surface area contributed by atoms with Crippen LogP contribution in [0, 0.1) is 13.8 Å². The third kappa shape index (κ3) is 5.46. The molecule has 3 nitrogen and oxygen atoms in total. The first-order chi connectivity index (χ1) is 13.5. The second-order valence-corrected chi connectivity index (χ2v) is 7.22. The second kappa shape index (κ2) is 9.23. The van der Waals surface area contributed by atoms with Crippen molar-refractivity contribution in [3.05, 3.63) is 100 Å². The van der Waals surface area contributed by atoms with E-state index < -0.39 is 0 Å². The summed E-state index contributed by atoms with van der Waals surface area (Å²) in [6.45, 7) is 8.37. The lowest BCUT2D eigenvalue weighted by Crippen LogP contribution is -1.97. The van der Waals surface area contributed by atoms with Crippen molar-refractivity contribution in [1.29, 1.82) is 0 Å². The van der Waals surface area contributed by atoms with Gasteiger partial charge in [-0.2, -0.15) is 0 Å². The van der Waals surface area contributed by atoms with Gasteiger partial charge in [0, 0.05) is 12.4 Å². The maximum Gasteiger partial charge on any atom is 0.0816 e. The molecule has 0 aliphatic rings. The lowest BCUT2D eigenvalue weighted by atomic mass is 10.1. The van der Waals surface area contributed by atoms with Crippen molar-refractivity contribution >= 4 is 12.4 Å². The average molecular weight is 370 g/mol. The fraction of sp³-hybridized carbons (Fsp3) is 0.240. The first-order valence-corrected chi connectivity index (χ1v) is 9.68. The Morgan fingerprint density at radius 1 is 0.643 bits per heavy atom. The van der Waals surface area contributed by atoms with Crippen LogP contribution in [-0.4, -0.2) is 17.4 Å². The highest BCUT2D eigenvalue weighted by Gasteiger charge is 2.03. The van der Waals surface area contributed by atoms with Gasteiger partial charge in [0.25, 0.3) is 0 Å². The monoisotopic (exact) mass is 369 g/mol. The van der Waals surface area contributed by atoms with Gasteiger partial charge in [-0.15, -0.1) is 0 Å². The summed E-state index contributed by atoms with van der Waals surface area (Å²) in [7, 11) is 0. The Hall–Kier alpha value is -3.07. The Bertz CT molecular complexity index is 877. The minimum Gasteiger partial charge on any atom is -0.283 e. The van der Waals surface area contributed by atoms with E-state index in [9.17, 15) is 0 Å². The molecule has 28 heavy (non-hydrogen) atoms. The first-order valence-electron chi connectivity index (χ1n) is 9.68. The zero-order valence-corrected chi connectivity index (χ0v) is 17.0. The van der Waals surface area contributed by atoms with Crippen molar-refractivity contribution in [2.45, 2.75) is 39.8 Å². The van der Waals surface area contributed by atoms with Gasteiger partial charge in [-0.25, -0.2) is 4.98 Å². The Morgan fingerprint density at radius 2 is 1.04 bits per heavy atom. The molecule has 3 aromatic rings. The third-order valence-corrected chi connectivity index (χ3v) is 4.77. The maximum atomic E-state index is 4.65. The number of rotatable bonds is 6. The van der Waals surface area contributed by atoms with Crippen LogP contribution in [0.3, 0.4) is 0 Å². The van der Waals surface area contributed by atoms with Gasteiger partial charge in [-0.05, 0) is 51.0 Å². The molecule has 0 bridgehead atoms. The summed E-state index contributed by atoms with van der Waals surface area (Å²) < 4.78 is 0. The molecule has 2 atom stereocenters. The van der Waals surface area contributed by atoms with Crippen LogP contribution in [0.15, 0.2) is 76.7 Å². The summed E-state index contributed by atoms with van der Waals surface area (Å²) in [6, 6.07) is 23.1. The van der Waals surface area contributed by atoms with Crippen LogP contribution >= 0.6 is 0 Å². The minimum absolute atomic E-state index is 0.0984. The number of aryl methyl sites for hydroxylation is 2. The average Bonchev–Trinajstić information content (AvgIpc) is 2.71. The van der Waals surface area contributed by atoms with Crippen LogP contribution in [0.4, 0.5) is 0 Å². The van der Waals surface area contributed by atoms with Gasteiger partial charge in [0.2, 0.25) is 0 Å². The Morgan fingerprint density at radius 3 is 1.43 bits per heavy atom. The predicted octanol–water partition coefficient (Wildman–Crippen LogP) is 6.06. The second-order valence-electron chi connectivity index (χ2n) is 7.22. The normalized spacial score (nSPS) is 13.9. The number of aromatic nitrogens is 1. The molecule has 3 rings (SSSR count). The summed E-state index contributed by atoms with van der Waals surface area (Å²) in [5.74, 6) is 0. The van der Waals surface area contributed by atoms with Crippen molar-refractivity contribution in [3.8, 4) is 0 Å². The summed E-state index contributed by atoms with van der Waals surface area (Å²) in [5, 5.41) is 0. The SMILES string of the molecule is Cc1ccc(C(C)N=Cc2cccc(C=NC(C)c3ccc(C)cc3)n2)cc1. The molecule has 1 heterocycles. The van der Waals surface area contributed by atoms with Crippen molar-refractivity contribution in [1.82, 2.24) is 4.98 Å².